The lowest BCUT2D eigenvalue weighted by atomic mass is 10.00. The molecule has 0 atom stereocenters. The first-order valence-corrected chi connectivity index (χ1v) is 8.89. The van der Waals surface area contributed by atoms with Crippen LogP contribution in [-0.4, -0.2) is 49.0 Å². The Balaban J connectivity index is 1.83. The molecule has 0 amide bonds. The van der Waals surface area contributed by atoms with Crippen LogP contribution in [0.15, 0.2) is 54.1 Å². The van der Waals surface area contributed by atoms with Crippen molar-refractivity contribution >= 4 is 23.3 Å². The second-order valence-corrected chi connectivity index (χ2v) is 6.28. The van der Waals surface area contributed by atoms with Crippen LogP contribution >= 0.6 is 11.8 Å². The van der Waals surface area contributed by atoms with Gasteiger partial charge in [0, 0.05) is 38.2 Å². The highest BCUT2D eigenvalue weighted by molar-refractivity contribution is 7.99. The van der Waals surface area contributed by atoms with Gasteiger partial charge < -0.3 is 10.2 Å². The topological polar surface area (TPSA) is 27.6 Å². The summed E-state index contributed by atoms with van der Waals surface area (Å²) in [5, 5.41) is 3.44. The number of aliphatic imine (C=N–C) groups is 1. The number of hydrogen-bond donors (Lipinski definition) is 1. The molecule has 4 heteroatoms. The van der Waals surface area contributed by atoms with E-state index in [9.17, 15) is 0 Å². The van der Waals surface area contributed by atoms with E-state index in [1.807, 2.05) is 24.9 Å². The lowest BCUT2D eigenvalue weighted by Crippen LogP contribution is -2.44. The van der Waals surface area contributed by atoms with Crippen LogP contribution in [-0.2, 0) is 0 Å². The Morgan fingerprint density at radius 1 is 1.41 bits per heavy atom. The molecule has 0 aliphatic carbocycles. The van der Waals surface area contributed by atoms with Crippen molar-refractivity contribution in [3.05, 3.63) is 54.6 Å². The molecule has 0 saturated heterocycles. The van der Waals surface area contributed by atoms with Crippen LogP contribution in [0.2, 0.25) is 0 Å². The summed E-state index contributed by atoms with van der Waals surface area (Å²) in [5.74, 6) is 3.08. The molecule has 118 valence electrons. The minimum absolute atomic E-state index is 0.920. The smallest absolute Gasteiger partial charge is 0.193 e. The molecule has 1 heterocycles. The summed E-state index contributed by atoms with van der Waals surface area (Å²) in [6, 6.07) is 10.6. The fraction of sp³-hybridized carbons (Fsp3) is 0.389. The Bertz CT molecular complexity index is 522. The highest BCUT2D eigenvalue weighted by Gasteiger charge is 2.15. The van der Waals surface area contributed by atoms with Crippen molar-refractivity contribution in [2.45, 2.75) is 6.42 Å². The fourth-order valence-electron chi connectivity index (χ4n) is 2.51. The van der Waals surface area contributed by atoms with Crippen molar-refractivity contribution in [3.63, 3.8) is 0 Å². The average molecular weight is 315 g/mol. The number of benzene rings is 1. The molecule has 1 aromatic carbocycles. The second kappa shape index (κ2) is 9.36. The van der Waals surface area contributed by atoms with E-state index in [1.54, 1.807) is 0 Å². The van der Waals surface area contributed by atoms with Crippen molar-refractivity contribution < 1.29 is 0 Å². The summed E-state index contributed by atoms with van der Waals surface area (Å²) in [4.78, 5) is 6.71. The zero-order valence-corrected chi connectivity index (χ0v) is 14.1. The maximum atomic E-state index is 4.40. The third-order valence-electron chi connectivity index (χ3n) is 3.63. The lowest BCUT2D eigenvalue weighted by molar-refractivity contribution is 0.442. The summed E-state index contributed by atoms with van der Waals surface area (Å²) in [6.45, 7) is 6.61. The zero-order chi connectivity index (χ0) is 15.6. The van der Waals surface area contributed by atoms with E-state index in [-0.39, 0.29) is 0 Å². The van der Waals surface area contributed by atoms with Crippen LogP contribution in [0, 0.1) is 0 Å². The van der Waals surface area contributed by atoms with Gasteiger partial charge in [-0.1, -0.05) is 42.5 Å². The zero-order valence-electron chi connectivity index (χ0n) is 13.3. The third-order valence-corrected chi connectivity index (χ3v) is 4.59. The van der Waals surface area contributed by atoms with Crippen LogP contribution in [0.3, 0.4) is 0 Å². The first-order valence-electron chi connectivity index (χ1n) is 7.74. The summed E-state index contributed by atoms with van der Waals surface area (Å²) in [7, 11) is 1.86. The standard InChI is InChI=1S/C18H25N3S/c1-3-14-22-15-11-20-18(19-2)21-12-9-17(10-13-21)16-7-5-4-6-8-16/h3-9H,1,10-15H2,2H3,(H,19,20). The van der Waals surface area contributed by atoms with Gasteiger partial charge in [-0.2, -0.15) is 11.8 Å². The van der Waals surface area contributed by atoms with E-state index in [1.165, 1.54) is 11.1 Å². The van der Waals surface area contributed by atoms with Crippen LogP contribution in [0.1, 0.15) is 12.0 Å². The highest BCUT2D eigenvalue weighted by atomic mass is 32.2. The molecule has 0 unspecified atom stereocenters. The number of hydrogen-bond acceptors (Lipinski definition) is 2. The van der Waals surface area contributed by atoms with E-state index < -0.39 is 0 Å². The van der Waals surface area contributed by atoms with E-state index in [4.69, 9.17) is 0 Å². The Morgan fingerprint density at radius 3 is 2.86 bits per heavy atom. The molecule has 0 fully saturated rings. The molecule has 0 radical (unpaired) electrons. The Kier molecular flexibility index (Phi) is 7.10. The number of rotatable bonds is 6. The van der Waals surface area contributed by atoms with Crippen molar-refractivity contribution in [1.82, 2.24) is 10.2 Å². The van der Waals surface area contributed by atoms with Crippen molar-refractivity contribution in [2.24, 2.45) is 4.99 Å². The molecule has 2 rings (SSSR count). The molecule has 0 bridgehead atoms. The van der Waals surface area contributed by atoms with Gasteiger partial charge in [0.15, 0.2) is 5.96 Å². The van der Waals surface area contributed by atoms with Crippen molar-refractivity contribution in [1.29, 1.82) is 0 Å². The van der Waals surface area contributed by atoms with Crippen LogP contribution in [0.4, 0.5) is 0 Å². The largest absolute Gasteiger partial charge is 0.355 e. The van der Waals surface area contributed by atoms with Gasteiger partial charge in [-0.3, -0.25) is 4.99 Å². The lowest BCUT2D eigenvalue weighted by Gasteiger charge is -2.29. The predicted octanol–water partition coefficient (Wildman–Crippen LogP) is 3.27. The van der Waals surface area contributed by atoms with Crippen LogP contribution < -0.4 is 5.32 Å². The van der Waals surface area contributed by atoms with Gasteiger partial charge in [0.2, 0.25) is 0 Å². The van der Waals surface area contributed by atoms with Gasteiger partial charge in [0.25, 0.3) is 0 Å². The van der Waals surface area contributed by atoms with E-state index in [0.717, 1.165) is 43.5 Å². The third kappa shape index (κ3) is 4.95. The fourth-order valence-corrected chi connectivity index (χ4v) is 3.09. The van der Waals surface area contributed by atoms with E-state index in [0.29, 0.717) is 0 Å². The van der Waals surface area contributed by atoms with Crippen molar-refractivity contribution in [2.75, 3.05) is 38.2 Å². The summed E-state index contributed by atoms with van der Waals surface area (Å²) < 4.78 is 0. The number of guanidine groups is 1. The highest BCUT2D eigenvalue weighted by Crippen LogP contribution is 2.21. The summed E-state index contributed by atoms with van der Waals surface area (Å²) in [6.07, 6.45) is 5.33. The van der Waals surface area contributed by atoms with Gasteiger partial charge in [0.1, 0.15) is 0 Å². The monoisotopic (exact) mass is 315 g/mol. The maximum Gasteiger partial charge on any atom is 0.193 e. The first kappa shape index (κ1) is 16.7. The molecule has 1 aliphatic heterocycles. The molecule has 0 aromatic heterocycles. The summed E-state index contributed by atoms with van der Waals surface area (Å²) in [5.41, 5.74) is 2.78. The molecule has 22 heavy (non-hydrogen) atoms. The molecule has 1 aromatic rings. The number of thioether (sulfide) groups is 1. The number of nitrogens with one attached hydrogen (secondary N) is 1. The average Bonchev–Trinajstić information content (AvgIpc) is 2.59. The normalized spacial score (nSPS) is 15.4. The van der Waals surface area contributed by atoms with E-state index in [2.05, 4.69) is 58.2 Å². The Morgan fingerprint density at radius 2 is 2.23 bits per heavy atom. The molecular formula is C18H25N3S. The first-order chi connectivity index (χ1) is 10.8. The van der Waals surface area contributed by atoms with Gasteiger partial charge in [-0.25, -0.2) is 0 Å². The van der Waals surface area contributed by atoms with Gasteiger partial charge in [-0.05, 0) is 17.6 Å². The molecular weight excluding hydrogens is 290 g/mol. The van der Waals surface area contributed by atoms with Crippen molar-refractivity contribution in [3.8, 4) is 0 Å². The Labute approximate surface area is 138 Å². The minimum atomic E-state index is 0.920. The van der Waals surface area contributed by atoms with Crippen LogP contribution in [0.25, 0.3) is 5.57 Å². The predicted molar refractivity (Wildman–Crippen MR) is 99.5 cm³/mol. The molecule has 1 N–H and O–H groups in total. The van der Waals surface area contributed by atoms with Gasteiger partial charge in [-0.15, -0.1) is 6.58 Å². The molecule has 3 nitrogen and oxygen atoms in total. The summed E-state index contributed by atoms with van der Waals surface area (Å²) >= 11 is 1.88. The van der Waals surface area contributed by atoms with Gasteiger partial charge >= 0.3 is 0 Å². The quantitative estimate of drug-likeness (QED) is 0.378. The number of nitrogens with zero attached hydrogens (tertiary/aromatic N) is 2. The molecule has 0 spiro atoms. The molecule has 1 aliphatic rings. The Hall–Kier alpha value is -1.68. The van der Waals surface area contributed by atoms with E-state index >= 15 is 0 Å². The van der Waals surface area contributed by atoms with Gasteiger partial charge in [0.05, 0.1) is 0 Å². The van der Waals surface area contributed by atoms with Crippen LogP contribution in [0.5, 0.6) is 0 Å². The molecule has 0 saturated carbocycles. The SMILES string of the molecule is C=CCSCCNC(=NC)N1CC=C(c2ccccc2)CC1. The second-order valence-electron chi connectivity index (χ2n) is 5.13. The maximum absolute atomic E-state index is 4.40. The minimum Gasteiger partial charge on any atom is -0.355 e.